The van der Waals surface area contributed by atoms with Gasteiger partial charge in [-0.25, -0.2) is 4.98 Å². The van der Waals surface area contributed by atoms with Gasteiger partial charge in [-0.1, -0.05) is 0 Å². The number of nitrogens with one attached hydrogen (secondary N) is 1. The molecule has 5 nitrogen and oxygen atoms in total. The molecule has 1 fully saturated rings. The predicted molar refractivity (Wildman–Crippen MR) is 72.5 cm³/mol. The Hall–Kier alpha value is -2.17. The van der Waals surface area contributed by atoms with Gasteiger partial charge in [0.05, 0.1) is 6.20 Å². The van der Waals surface area contributed by atoms with Gasteiger partial charge in [0.1, 0.15) is 17.4 Å². The molecule has 0 unspecified atom stereocenters. The molecule has 1 saturated carbocycles. The smallest absolute Gasteiger partial charge is 0.224 e. The molecule has 1 aliphatic rings. The Kier molecular flexibility index (Phi) is 3.27. The lowest BCUT2D eigenvalue weighted by atomic mass is 10.4. The molecule has 2 heterocycles. The zero-order valence-electron chi connectivity index (χ0n) is 10.8. The van der Waals surface area contributed by atoms with Crippen molar-refractivity contribution in [3.05, 3.63) is 36.4 Å². The van der Waals surface area contributed by atoms with E-state index < -0.39 is 0 Å². The van der Waals surface area contributed by atoms with Crippen LogP contribution in [0.2, 0.25) is 0 Å². The van der Waals surface area contributed by atoms with Crippen LogP contribution in [0.4, 0.5) is 5.82 Å². The van der Waals surface area contributed by atoms with E-state index in [2.05, 4.69) is 20.3 Å². The standard InChI is InChI=1S/C14H16N4O/c1-2-16-12-8-13(18-14(17-12)10-5-6-10)19-11-4-3-7-15-9-11/h3-4,7-10H,2,5-6H2,1H3,(H,16,17,18). The lowest BCUT2D eigenvalue weighted by Crippen LogP contribution is -2.04. The van der Waals surface area contributed by atoms with Gasteiger partial charge in [0.25, 0.3) is 0 Å². The van der Waals surface area contributed by atoms with E-state index >= 15 is 0 Å². The lowest BCUT2D eigenvalue weighted by Gasteiger charge is -2.09. The minimum absolute atomic E-state index is 0.495. The van der Waals surface area contributed by atoms with E-state index in [0.29, 0.717) is 17.5 Å². The van der Waals surface area contributed by atoms with Gasteiger partial charge < -0.3 is 10.1 Å². The molecule has 0 saturated heterocycles. The third kappa shape index (κ3) is 2.99. The number of pyridine rings is 1. The van der Waals surface area contributed by atoms with Crippen LogP contribution in [0, 0.1) is 0 Å². The summed E-state index contributed by atoms with van der Waals surface area (Å²) in [5, 5.41) is 3.21. The van der Waals surface area contributed by atoms with E-state index in [1.54, 1.807) is 12.4 Å². The minimum atomic E-state index is 0.495. The summed E-state index contributed by atoms with van der Waals surface area (Å²) >= 11 is 0. The summed E-state index contributed by atoms with van der Waals surface area (Å²) in [4.78, 5) is 13.0. The molecule has 2 aromatic heterocycles. The fraction of sp³-hybridized carbons (Fsp3) is 0.357. The van der Waals surface area contributed by atoms with Crippen molar-refractivity contribution in [2.45, 2.75) is 25.7 Å². The first kappa shape index (κ1) is 11.9. The van der Waals surface area contributed by atoms with Crippen LogP contribution in [0.25, 0.3) is 0 Å². The van der Waals surface area contributed by atoms with Crippen molar-refractivity contribution in [1.29, 1.82) is 0 Å². The molecule has 3 rings (SSSR count). The van der Waals surface area contributed by atoms with Crippen molar-refractivity contribution in [3.63, 3.8) is 0 Å². The minimum Gasteiger partial charge on any atom is -0.437 e. The average Bonchev–Trinajstić information content (AvgIpc) is 3.24. The Balaban J connectivity index is 1.86. The van der Waals surface area contributed by atoms with Crippen molar-refractivity contribution in [1.82, 2.24) is 15.0 Å². The monoisotopic (exact) mass is 256 g/mol. The summed E-state index contributed by atoms with van der Waals surface area (Å²) in [7, 11) is 0. The number of rotatable bonds is 5. The van der Waals surface area contributed by atoms with Gasteiger partial charge in [0, 0.05) is 24.7 Å². The predicted octanol–water partition coefficient (Wildman–Crippen LogP) is 2.97. The number of anilines is 1. The molecule has 0 radical (unpaired) electrons. The van der Waals surface area contributed by atoms with E-state index in [9.17, 15) is 0 Å². The quantitative estimate of drug-likeness (QED) is 0.891. The molecule has 0 amide bonds. The van der Waals surface area contributed by atoms with Crippen molar-refractivity contribution in [2.24, 2.45) is 0 Å². The van der Waals surface area contributed by atoms with E-state index in [1.807, 2.05) is 25.1 Å². The molecule has 5 heteroatoms. The van der Waals surface area contributed by atoms with E-state index in [-0.39, 0.29) is 0 Å². The first-order chi connectivity index (χ1) is 9.35. The average molecular weight is 256 g/mol. The first-order valence-corrected chi connectivity index (χ1v) is 6.56. The number of ether oxygens (including phenoxy) is 1. The highest BCUT2D eigenvalue weighted by molar-refractivity contribution is 5.40. The Bertz CT molecular complexity index is 555. The van der Waals surface area contributed by atoms with Crippen LogP contribution < -0.4 is 10.1 Å². The van der Waals surface area contributed by atoms with Crippen LogP contribution >= 0.6 is 0 Å². The molecule has 1 N–H and O–H groups in total. The Morgan fingerprint density at radius 2 is 2.26 bits per heavy atom. The van der Waals surface area contributed by atoms with Crippen molar-refractivity contribution in [3.8, 4) is 11.6 Å². The highest BCUT2D eigenvalue weighted by atomic mass is 16.5. The van der Waals surface area contributed by atoms with Crippen LogP contribution in [0.1, 0.15) is 31.5 Å². The van der Waals surface area contributed by atoms with Gasteiger partial charge in [-0.15, -0.1) is 0 Å². The lowest BCUT2D eigenvalue weighted by molar-refractivity contribution is 0.457. The molecule has 0 aromatic carbocycles. The first-order valence-electron chi connectivity index (χ1n) is 6.56. The normalized spacial score (nSPS) is 14.2. The Labute approximate surface area is 112 Å². The summed E-state index contributed by atoms with van der Waals surface area (Å²) < 4.78 is 5.73. The zero-order chi connectivity index (χ0) is 13.1. The molecule has 0 atom stereocenters. The highest BCUT2D eigenvalue weighted by Gasteiger charge is 2.27. The number of nitrogens with zero attached hydrogens (tertiary/aromatic N) is 3. The van der Waals surface area contributed by atoms with Gasteiger partial charge in [-0.2, -0.15) is 4.98 Å². The van der Waals surface area contributed by atoms with Gasteiger partial charge in [-0.3, -0.25) is 4.98 Å². The molecular weight excluding hydrogens is 240 g/mol. The second kappa shape index (κ2) is 5.22. The van der Waals surface area contributed by atoms with Crippen LogP contribution in [-0.4, -0.2) is 21.5 Å². The maximum Gasteiger partial charge on any atom is 0.224 e. The fourth-order valence-electron chi connectivity index (χ4n) is 1.82. The van der Waals surface area contributed by atoms with Gasteiger partial charge in [0.15, 0.2) is 0 Å². The summed E-state index contributed by atoms with van der Waals surface area (Å²) in [5.41, 5.74) is 0. The second-order valence-electron chi connectivity index (χ2n) is 4.55. The fourth-order valence-corrected chi connectivity index (χ4v) is 1.82. The maximum absolute atomic E-state index is 5.73. The van der Waals surface area contributed by atoms with Crippen LogP contribution in [0.5, 0.6) is 11.6 Å². The zero-order valence-corrected chi connectivity index (χ0v) is 10.8. The van der Waals surface area contributed by atoms with Gasteiger partial charge in [-0.05, 0) is 31.9 Å². The molecule has 0 aliphatic heterocycles. The Morgan fingerprint density at radius 1 is 1.37 bits per heavy atom. The highest BCUT2D eigenvalue weighted by Crippen LogP contribution is 2.39. The third-order valence-electron chi connectivity index (χ3n) is 2.88. The maximum atomic E-state index is 5.73. The van der Waals surface area contributed by atoms with Crippen molar-refractivity contribution < 1.29 is 4.74 Å². The summed E-state index contributed by atoms with van der Waals surface area (Å²) in [6, 6.07) is 5.52. The topological polar surface area (TPSA) is 59.9 Å². The van der Waals surface area contributed by atoms with Crippen LogP contribution in [0.15, 0.2) is 30.6 Å². The van der Waals surface area contributed by atoms with E-state index in [1.165, 1.54) is 12.8 Å². The largest absolute Gasteiger partial charge is 0.437 e. The molecular formula is C14H16N4O. The number of hydrogen-bond donors (Lipinski definition) is 1. The van der Waals surface area contributed by atoms with E-state index in [0.717, 1.165) is 18.2 Å². The summed E-state index contributed by atoms with van der Waals surface area (Å²) in [6.45, 7) is 2.87. The molecule has 0 spiro atoms. The van der Waals surface area contributed by atoms with Gasteiger partial charge >= 0.3 is 0 Å². The third-order valence-corrected chi connectivity index (χ3v) is 2.88. The number of hydrogen-bond acceptors (Lipinski definition) is 5. The van der Waals surface area contributed by atoms with Crippen molar-refractivity contribution in [2.75, 3.05) is 11.9 Å². The molecule has 1 aliphatic carbocycles. The SMILES string of the molecule is CCNc1cc(Oc2cccnc2)nc(C2CC2)n1. The molecule has 98 valence electrons. The second-order valence-corrected chi connectivity index (χ2v) is 4.55. The summed E-state index contributed by atoms with van der Waals surface area (Å²) in [5.74, 6) is 3.44. The molecule has 19 heavy (non-hydrogen) atoms. The summed E-state index contributed by atoms with van der Waals surface area (Å²) in [6.07, 6.45) is 5.72. The van der Waals surface area contributed by atoms with Crippen molar-refractivity contribution >= 4 is 5.82 Å². The molecule has 0 bridgehead atoms. The van der Waals surface area contributed by atoms with Crippen LogP contribution in [-0.2, 0) is 0 Å². The van der Waals surface area contributed by atoms with Crippen LogP contribution in [0.3, 0.4) is 0 Å². The van der Waals surface area contributed by atoms with E-state index in [4.69, 9.17) is 4.74 Å². The van der Waals surface area contributed by atoms with Gasteiger partial charge in [0.2, 0.25) is 5.88 Å². The number of aromatic nitrogens is 3. The Morgan fingerprint density at radius 3 is 2.95 bits per heavy atom. The molecule has 2 aromatic rings.